The van der Waals surface area contributed by atoms with Crippen LogP contribution in [0.4, 0.5) is 10.1 Å². The van der Waals surface area contributed by atoms with Gasteiger partial charge in [0.05, 0.1) is 24.6 Å². The zero-order chi connectivity index (χ0) is 11.4. The van der Waals surface area contributed by atoms with Crippen LogP contribution in [-0.2, 0) is 20.1 Å². The highest BCUT2D eigenvalue weighted by Crippen LogP contribution is 2.07. The summed E-state index contributed by atoms with van der Waals surface area (Å²) in [5, 5.41) is 11.3. The predicted molar refractivity (Wildman–Crippen MR) is 58.7 cm³/mol. The molecule has 2 heterocycles. The van der Waals surface area contributed by atoms with Crippen molar-refractivity contribution in [2.24, 2.45) is 7.05 Å². The van der Waals surface area contributed by atoms with Gasteiger partial charge in [0.15, 0.2) is 0 Å². The second-order valence-corrected chi connectivity index (χ2v) is 3.56. The van der Waals surface area contributed by atoms with E-state index in [0.717, 1.165) is 11.3 Å². The summed E-state index contributed by atoms with van der Waals surface area (Å²) in [5.74, 6) is 0. The fraction of sp³-hybridized carbons (Fsp3) is 0.400. The van der Waals surface area contributed by atoms with Gasteiger partial charge in [0.1, 0.15) is 6.67 Å². The maximum absolute atomic E-state index is 12.0. The third kappa shape index (κ3) is 2.59. The first kappa shape index (κ1) is 10.7. The van der Waals surface area contributed by atoms with Gasteiger partial charge in [-0.2, -0.15) is 10.2 Å². The Bertz CT molecular complexity index is 448. The average molecular weight is 223 g/mol. The van der Waals surface area contributed by atoms with E-state index in [4.69, 9.17) is 0 Å². The number of nitrogens with one attached hydrogen (secondary N) is 1. The first-order chi connectivity index (χ1) is 7.78. The molecular weight excluding hydrogens is 209 g/mol. The Labute approximate surface area is 92.9 Å². The van der Waals surface area contributed by atoms with Crippen LogP contribution in [0.3, 0.4) is 0 Å². The molecule has 0 aromatic carbocycles. The number of rotatable bonds is 5. The Morgan fingerprint density at radius 2 is 2.19 bits per heavy atom. The number of aromatic nitrogens is 4. The Hall–Kier alpha value is -1.85. The number of anilines is 1. The second kappa shape index (κ2) is 4.78. The summed E-state index contributed by atoms with van der Waals surface area (Å²) in [6.45, 7) is 0.591. The SMILES string of the molecule is Cn1cc(CNc2cnn(CCF)c2)cn1. The van der Waals surface area contributed by atoms with Gasteiger partial charge in [-0.3, -0.25) is 9.36 Å². The minimum atomic E-state index is -0.399. The van der Waals surface area contributed by atoms with E-state index < -0.39 is 6.67 Å². The molecule has 2 aromatic heterocycles. The van der Waals surface area contributed by atoms with Crippen molar-refractivity contribution in [1.29, 1.82) is 0 Å². The first-order valence-corrected chi connectivity index (χ1v) is 5.08. The third-order valence-electron chi connectivity index (χ3n) is 2.20. The molecule has 2 aromatic rings. The van der Waals surface area contributed by atoms with E-state index in [1.807, 2.05) is 13.2 Å². The van der Waals surface area contributed by atoms with Crippen molar-refractivity contribution in [2.75, 3.05) is 12.0 Å². The van der Waals surface area contributed by atoms with Crippen LogP contribution >= 0.6 is 0 Å². The van der Waals surface area contributed by atoms with E-state index in [0.29, 0.717) is 13.1 Å². The second-order valence-electron chi connectivity index (χ2n) is 3.56. The Morgan fingerprint density at radius 1 is 1.31 bits per heavy atom. The summed E-state index contributed by atoms with van der Waals surface area (Å²) in [7, 11) is 1.88. The number of aryl methyl sites for hydroxylation is 2. The third-order valence-corrected chi connectivity index (χ3v) is 2.20. The largest absolute Gasteiger partial charge is 0.378 e. The van der Waals surface area contributed by atoms with Crippen LogP contribution in [0.1, 0.15) is 5.56 Å². The highest BCUT2D eigenvalue weighted by Gasteiger charge is 1.99. The molecule has 0 fully saturated rings. The van der Waals surface area contributed by atoms with Crippen LogP contribution in [0.25, 0.3) is 0 Å². The molecule has 0 atom stereocenters. The molecule has 0 aliphatic carbocycles. The first-order valence-electron chi connectivity index (χ1n) is 5.08. The van der Waals surface area contributed by atoms with Gasteiger partial charge >= 0.3 is 0 Å². The summed E-state index contributed by atoms with van der Waals surface area (Å²) in [6, 6.07) is 0. The molecule has 0 saturated heterocycles. The van der Waals surface area contributed by atoms with Crippen molar-refractivity contribution >= 4 is 5.69 Å². The lowest BCUT2D eigenvalue weighted by Gasteiger charge is -1.99. The van der Waals surface area contributed by atoms with E-state index in [2.05, 4.69) is 15.5 Å². The Kier molecular flexibility index (Phi) is 3.19. The highest BCUT2D eigenvalue weighted by atomic mass is 19.1. The fourth-order valence-corrected chi connectivity index (χ4v) is 1.43. The fourth-order valence-electron chi connectivity index (χ4n) is 1.43. The quantitative estimate of drug-likeness (QED) is 0.828. The predicted octanol–water partition coefficient (Wildman–Crippen LogP) is 1.20. The van der Waals surface area contributed by atoms with Crippen LogP contribution in [0.5, 0.6) is 0 Å². The lowest BCUT2D eigenvalue weighted by atomic mass is 10.3. The monoisotopic (exact) mass is 223 g/mol. The van der Waals surface area contributed by atoms with E-state index in [1.54, 1.807) is 28.0 Å². The van der Waals surface area contributed by atoms with Gasteiger partial charge in [0.2, 0.25) is 0 Å². The zero-order valence-corrected chi connectivity index (χ0v) is 9.10. The molecule has 0 spiro atoms. The smallest absolute Gasteiger partial charge is 0.109 e. The van der Waals surface area contributed by atoms with E-state index >= 15 is 0 Å². The molecule has 1 N–H and O–H groups in total. The van der Waals surface area contributed by atoms with Crippen molar-refractivity contribution < 1.29 is 4.39 Å². The van der Waals surface area contributed by atoms with Crippen LogP contribution < -0.4 is 5.32 Å². The minimum absolute atomic E-state index is 0.300. The Balaban J connectivity index is 1.89. The molecule has 5 nitrogen and oxygen atoms in total. The molecule has 16 heavy (non-hydrogen) atoms. The summed E-state index contributed by atoms with van der Waals surface area (Å²) in [4.78, 5) is 0. The van der Waals surface area contributed by atoms with Crippen LogP contribution in [-0.4, -0.2) is 26.2 Å². The van der Waals surface area contributed by atoms with Crippen molar-refractivity contribution in [1.82, 2.24) is 19.6 Å². The van der Waals surface area contributed by atoms with Gasteiger partial charge in [-0.1, -0.05) is 0 Å². The molecule has 0 radical (unpaired) electrons. The number of hydrogen-bond donors (Lipinski definition) is 1. The van der Waals surface area contributed by atoms with E-state index in [1.165, 1.54) is 0 Å². The van der Waals surface area contributed by atoms with Crippen molar-refractivity contribution in [3.63, 3.8) is 0 Å². The van der Waals surface area contributed by atoms with Crippen molar-refractivity contribution in [3.05, 3.63) is 30.4 Å². The Morgan fingerprint density at radius 3 is 2.88 bits per heavy atom. The molecule has 2 rings (SSSR count). The molecule has 86 valence electrons. The summed E-state index contributed by atoms with van der Waals surface area (Å²) >= 11 is 0. The maximum atomic E-state index is 12.0. The molecule has 6 heteroatoms. The highest BCUT2D eigenvalue weighted by molar-refractivity contribution is 5.38. The number of alkyl halides is 1. The number of hydrogen-bond acceptors (Lipinski definition) is 3. The van der Waals surface area contributed by atoms with E-state index in [9.17, 15) is 4.39 Å². The number of halogens is 1. The molecule has 0 unspecified atom stereocenters. The molecule has 0 aliphatic heterocycles. The van der Waals surface area contributed by atoms with Gasteiger partial charge in [-0.25, -0.2) is 4.39 Å². The molecule has 0 saturated carbocycles. The zero-order valence-electron chi connectivity index (χ0n) is 9.10. The van der Waals surface area contributed by atoms with Crippen molar-refractivity contribution in [2.45, 2.75) is 13.1 Å². The van der Waals surface area contributed by atoms with Crippen LogP contribution in [0, 0.1) is 0 Å². The summed E-state index contributed by atoms with van der Waals surface area (Å²) < 4.78 is 15.4. The normalized spacial score (nSPS) is 10.6. The van der Waals surface area contributed by atoms with Gasteiger partial charge in [-0.15, -0.1) is 0 Å². The van der Waals surface area contributed by atoms with E-state index in [-0.39, 0.29) is 0 Å². The standard InChI is InChI=1S/C10H14FN5/c1-15-7-9(5-13-15)4-12-10-6-14-16(8-10)3-2-11/h5-8,12H,2-4H2,1H3. The molecule has 0 aliphatic rings. The topological polar surface area (TPSA) is 47.7 Å². The van der Waals surface area contributed by atoms with Gasteiger partial charge < -0.3 is 5.32 Å². The van der Waals surface area contributed by atoms with Gasteiger partial charge in [0.25, 0.3) is 0 Å². The minimum Gasteiger partial charge on any atom is -0.378 e. The van der Waals surface area contributed by atoms with Crippen LogP contribution in [0.15, 0.2) is 24.8 Å². The van der Waals surface area contributed by atoms with Gasteiger partial charge in [-0.05, 0) is 0 Å². The maximum Gasteiger partial charge on any atom is 0.109 e. The molecule has 0 amide bonds. The van der Waals surface area contributed by atoms with Gasteiger partial charge in [0, 0.05) is 31.5 Å². The summed E-state index contributed by atoms with van der Waals surface area (Å²) in [6.07, 6.45) is 7.22. The lowest BCUT2D eigenvalue weighted by molar-refractivity contribution is 0.427. The molecule has 0 bridgehead atoms. The van der Waals surface area contributed by atoms with Crippen molar-refractivity contribution in [3.8, 4) is 0 Å². The lowest BCUT2D eigenvalue weighted by Crippen LogP contribution is -2.00. The number of nitrogens with zero attached hydrogens (tertiary/aromatic N) is 4. The summed E-state index contributed by atoms with van der Waals surface area (Å²) in [5.41, 5.74) is 1.98. The van der Waals surface area contributed by atoms with Crippen LogP contribution in [0.2, 0.25) is 0 Å². The molecular formula is C10H14FN5. The average Bonchev–Trinajstić information content (AvgIpc) is 2.85.